The van der Waals surface area contributed by atoms with Crippen molar-refractivity contribution in [2.24, 2.45) is 5.73 Å². The van der Waals surface area contributed by atoms with Gasteiger partial charge in [0, 0.05) is 6.54 Å². The van der Waals surface area contributed by atoms with Gasteiger partial charge >= 0.3 is 0 Å². The van der Waals surface area contributed by atoms with Gasteiger partial charge in [-0.25, -0.2) is 8.78 Å². The van der Waals surface area contributed by atoms with E-state index in [1.165, 1.54) is 0 Å². The summed E-state index contributed by atoms with van der Waals surface area (Å²) in [5.74, 6) is 0.344. The first-order valence-electron chi connectivity index (χ1n) is 4.07. The van der Waals surface area contributed by atoms with Crippen molar-refractivity contribution in [1.82, 2.24) is 0 Å². The van der Waals surface area contributed by atoms with Gasteiger partial charge in [-0.05, 0) is 11.6 Å². The van der Waals surface area contributed by atoms with Crippen LogP contribution in [0.3, 0.4) is 0 Å². The van der Waals surface area contributed by atoms with Crippen LogP contribution in [-0.4, -0.2) is 13.0 Å². The quantitative estimate of drug-likeness (QED) is 0.760. The van der Waals surface area contributed by atoms with Crippen LogP contribution in [0, 0.1) is 0 Å². The molecule has 0 saturated carbocycles. The summed E-state index contributed by atoms with van der Waals surface area (Å²) < 4.78 is 28.6. The van der Waals surface area contributed by atoms with Gasteiger partial charge in [0.2, 0.25) is 0 Å². The topological polar surface area (TPSA) is 35.2 Å². The minimum atomic E-state index is -2.48. The van der Waals surface area contributed by atoms with E-state index >= 15 is 0 Å². The van der Waals surface area contributed by atoms with Crippen LogP contribution in [-0.2, 0) is 6.54 Å². The largest absolute Gasteiger partial charge is 0.486 e. The Morgan fingerprint density at radius 3 is 2.71 bits per heavy atom. The number of hydrogen-bond acceptors (Lipinski definition) is 3. The first-order valence-corrected chi connectivity index (χ1v) is 4.51. The van der Waals surface area contributed by atoms with Crippen molar-refractivity contribution >= 4 is 12.6 Å². The van der Waals surface area contributed by atoms with Crippen LogP contribution in [0.25, 0.3) is 0 Å². The van der Waals surface area contributed by atoms with Crippen LogP contribution in [0.1, 0.15) is 5.56 Å². The van der Waals surface area contributed by atoms with E-state index < -0.39 is 13.0 Å². The lowest BCUT2D eigenvalue weighted by molar-refractivity contribution is 0.0805. The SMILES string of the molecule is NCc1cccc(OCC(F)F)c1S. The summed E-state index contributed by atoms with van der Waals surface area (Å²) in [7, 11) is 0. The molecule has 2 nitrogen and oxygen atoms in total. The summed E-state index contributed by atoms with van der Waals surface area (Å²) in [6, 6.07) is 5.06. The molecule has 2 N–H and O–H groups in total. The maximum absolute atomic E-state index is 11.9. The Morgan fingerprint density at radius 2 is 2.14 bits per heavy atom. The van der Waals surface area contributed by atoms with E-state index in [0.717, 1.165) is 5.56 Å². The van der Waals surface area contributed by atoms with E-state index in [2.05, 4.69) is 12.6 Å². The molecule has 0 aliphatic rings. The first-order chi connectivity index (χ1) is 6.65. The Kier molecular flexibility index (Phi) is 4.16. The van der Waals surface area contributed by atoms with Gasteiger partial charge in [-0.2, -0.15) is 0 Å². The molecule has 0 aromatic heterocycles. The molecule has 0 amide bonds. The third kappa shape index (κ3) is 2.85. The van der Waals surface area contributed by atoms with E-state index in [4.69, 9.17) is 10.5 Å². The Hall–Kier alpha value is -0.810. The average Bonchev–Trinajstić information content (AvgIpc) is 2.16. The summed E-state index contributed by atoms with van der Waals surface area (Å²) in [4.78, 5) is 0.524. The maximum Gasteiger partial charge on any atom is 0.272 e. The highest BCUT2D eigenvalue weighted by atomic mass is 32.1. The molecule has 0 unspecified atom stereocenters. The van der Waals surface area contributed by atoms with Crippen molar-refractivity contribution in [2.75, 3.05) is 6.61 Å². The number of hydrogen-bond donors (Lipinski definition) is 2. The first kappa shape index (κ1) is 11.3. The second-order valence-electron chi connectivity index (χ2n) is 2.67. The van der Waals surface area contributed by atoms with Gasteiger partial charge < -0.3 is 10.5 Å². The average molecular weight is 219 g/mol. The number of ether oxygens (including phenoxy) is 1. The molecule has 0 aliphatic heterocycles. The van der Waals surface area contributed by atoms with Crippen molar-refractivity contribution in [1.29, 1.82) is 0 Å². The maximum atomic E-state index is 11.9. The third-order valence-corrected chi connectivity index (χ3v) is 2.17. The fourth-order valence-corrected chi connectivity index (χ4v) is 1.31. The summed E-state index contributed by atoms with van der Waals surface area (Å²) in [5.41, 5.74) is 6.20. The van der Waals surface area contributed by atoms with E-state index in [1.54, 1.807) is 18.2 Å². The molecule has 0 bridgehead atoms. The lowest BCUT2D eigenvalue weighted by atomic mass is 10.2. The number of alkyl halides is 2. The Bertz CT molecular complexity index is 307. The van der Waals surface area contributed by atoms with Gasteiger partial charge in [0.05, 0.1) is 4.90 Å². The molecule has 1 aromatic carbocycles. The highest BCUT2D eigenvalue weighted by Crippen LogP contribution is 2.26. The zero-order valence-corrected chi connectivity index (χ0v) is 8.31. The van der Waals surface area contributed by atoms with Crippen LogP contribution >= 0.6 is 12.6 Å². The molecule has 78 valence electrons. The monoisotopic (exact) mass is 219 g/mol. The van der Waals surface area contributed by atoms with Gasteiger partial charge in [-0.3, -0.25) is 0 Å². The predicted octanol–water partition coefficient (Wildman–Crippen LogP) is 2.08. The molecule has 5 heteroatoms. The second kappa shape index (κ2) is 5.17. The number of thiol groups is 1. The standard InChI is InChI=1S/C9H11F2NOS/c10-8(11)5-13-7-3-1-2-6(4-12)9(7)14/h1-3,8,14H,4-5,12H2. The molecule has 0 saturated heterocycles. The van der Waals surface area contributed by atoms with Crippen molar-refractivity contribution in [3.8, 4) is 5.75 Å². The van der Waals surface area contributed by atoms with E-state index in [-0.39, 0.29) is 0 Å². The Labute approximate surface area is 86.5 Å². The smallest absolute Gasteiger partial charge is 0.272 e. The van der Waals surface area contributed by atoms with Crippen molar-refractivity contribution in [3.05, 3.63) is 23.8 Å². The van der Waals surface area contributed by atoms with E-state index in [0.29, 0.717) is 17.2 Å². The molecule has 0 radical (unpaired) electrons. The summed E-state index contributed by atoms with van der Waals surface area (Å²) in [6.45, 7) is -0.313. The van der Waals surface area contributed by atoms with Crippen LogP contribution in [0.5, 0.6) is 5.75 Å². The lowest BCUT2D eigenvalue weighted by Crippen LogP contribution is -2.08. The van der Waals surface area contributed by atoms with Crippen molar-refractivity contribution in [3.63, 3.8) is 0 Å². The van der Waals surface area contributed by atoms with E-state index in [9.17, 15) is 8.78 Å². The molecule has 1 rings (SSSR count). The second-order valence-corrected chi connectivity index (χ2v) is 3.12. The molecule has 0 aliphatic carbocycles. The number of rotatable bonds is 4. The van der Waals surface area contributed by atoms with Gasteiger partial charge in [-0.15, -0.1) is 12.6 Å². The van der Waals surface area contributed by atoms with Gasteiger partial charge in [0.25, 0.3) is 6.43 Å². The number of nitrogens with two attached hydrogens (primary N) is 1. The highest BCUT2D eigenvalue weighted by molar-refractivity contribution is 7.80. The lowest BCUT2D eigenvalue weighted by Gasteiger charge is -2.10. The molecule has 0 spiro atoms. The van der Waals surface area contributed by atoms with Crippen LogP contribution < -0.4 is 10.5 Å². The molecule has 0 heterocycles. The molecule has 1 aromatic rings. The van der Waals surface area contributed by atoms with Gasteiger partial charge in [0.15, 0.2) is 0 Å². The zero-order chi connectivity index (χ0) is 10.6. The molecular weight excluding hydrogens is 208 g/mol. The molecular formula is C9H11F2NOS. The van der Waals surface area contributed by atoms with Gasteiger partial charge in [0.1, 0.15) is 12.4 Å². The van der Waals surface area contributed by atoms with Crippen LogP contribution in [0.4, 0.5) is 8.78 Å². The zero-order valence-electron chi connectivity index (χ0n) is 7.41. The Morgan fingerprint density at radius 1 is 1.43 bits per heavy atom. The highest BCUT2D eigenvalue weighted by Gasteiger charge is 2.07. The predicted molar refractivity (Wildman–Crippen MR) is 53.1 cm³/mol. The van der Waals surface area contributed by atoms with Crippen LogP contribution in [0.2, 0.25) is 0 Å². The molecule has 0 fully saturated rings. The van der Waals surface area contributed by atoms with Crippen LogP contribution in [0.15, 0.2) is 23.1 Å². The number of halogens is 2. The summed E-state index contributed by atoms with van der Waals surface area (Å²) >= 11 is 4.14. The molecule has 0 atom stereocenters. The minimum absolute atomic E-state index is 0.310. The van der Waals surface area contributed by atoms with E-state index in [1.807, 2.05) is 0 Å². The summed E-state index contributed by atoms with van der Waals surface area (Å²) in [6.07, 6.45) is -2.48. The summed E-state index contributed by atoms with van der Waals surface area (Å²) in [5, 5.41) is 0. The van der Waals surface area contributed by atoms with Crippen molar-refractivity contribution in [2.45, 2.75) is 17.9 Å². The fourth-order valence-electron chi connectivity index (χ4n) is 1.00. The third-order valence-electron chi connectivity index (χ3n) is 1.67. The normalized spacial score (nSPS) is 10.6. The Balaban J connectivity index is 2.76. The minimum Gasteiger partial charge on any atom is -0.486 e. The van der Waals surface area contributed by atoms with Gasteiger partial charge in [-0.1, -0.05) is 12.1 Å². The molecule has 14 heavy (non-hydrogen) atoms. The fraction of sp³-hybridized carbons (Fsp3) is 0.333. The number of benzene rings is 1. The van der Waals surface area contributed by atoms with Crippen molar-refractivity contribution < 1.29 is 13.5 Å².